The van der Waals surface area contributed by atoms with Crippen molar-refractivity contribution in [1.82, 2.24) is 10.6 Å². The first-order valence-corrected chi connectivity index (χ1v) is 6.36. The van der Waals surface area contributed by atoms with Crippen LogP contribution in [0.4, 0.5) is 4.39 Å². The van der Waals surface area contributed by atoms with Crippen molar-refractivity contribution in [2.45, 2.75) is 25.3 Å². The summed E-state index contributed by atoms with van der Waals surface area (Å²) in [6, 6.07) is 4.09. The average molecular weight is 307 g/mol. The first kappa shape index (κ1) is 16.2. The van der Waals surface area contributed by atoms with E-state index in [0.717, 1.165) is 32.0 Å². The van der Waals surface area contributed by atoms with Crippen molar-refractivity contribution in [3.63, 3.8) is 0 Å². The van der Waals surface area contributed by atoms with Crippen molar-refractivity contribution in [3.05, 3.63) is 34.6 Å². The lowest BCUT2D eigenvalue weighted by molar-refractivity contribution is 0.0883. The minimum Gasteiger partial charge on any atom is -0.347 e. The second-order valence-electron chi connectivity index (χ2n) is 4.89. The molecule has 0 unspecified atom stereocenters. The molecular formula is C13H17Cl2FN2O. The maximum atomic E-state index is 13.6. The molecule has 1 saturated heterocycles. The topological polar surface area (TPSA) is 41.1 Å². The van der Waals surface area contributed by atoms with E-state index in [1.165, 1.54) is 12.1 Å². The van der Waals surface area contributed by atoms with E-state index in [1.807, 2.05) is 6.92 Å². The Balaban J connectivity index is 0.00000180. The summed E-state index contributed by atoms with van der Waals surface area (Å²) in [5, 5.41) is 6.43. The van der Waals surface area contributed by atoms with Crippen LogP contribution >= 0.6 is 24.0 Å². The maximum Gasteiger partial charge on any atom is 0.254 e. The molecule has 0 saturated carbocycles. The zero-order chi connectivity index (χ0) is 13.2. The molecule has 1 heterocycles. The maximum absolute atomic E-state index is 13.6. The Kier molecular flexibility index (Phi) is 5.59. The van der Waals surface area contributed by atoms with Crippen LogP contribution in [0.15, 0.2) is 18.2 Å². The normalized spacial score (nSPS) is 17.4. The SMILES string of the molecule is CC1(NC(=O)c2ccc(Cl)cc2F)CCNCC1.Cl. The van der Waals surface area contributed by atoms with Crippen LogP contribution in [0.2, 0.25) is 5.02 Å². The molecule has 106 valence electrons. The molecule has 0 radical (unpaired) electrons. The van der Waals surface area contributed by atoms with Gasteiger partial charge >= 0.3 is 0 Å². The van der Waals surface area contributed by atoms with Crippen molar-refractivity contribution in [2.24, 2.45) is 0 Å². The summed E-state index contributed by atoms with van der Waals surface area (Å²) in [7, 11) is 0. The molecule has 0 bridgehead atoms. The molecule has 2 N–H and O–H groups in total. The van der Waals surface area contributed by atoms with E-state index in [0.29, 0.717) is 0 Å². The third kappa shape index (κ3) is 4.06. The number of rotatable bonds is 2. The summed E-state index contributed by atoms with van der Waals surface area (Å²) in [6.45, 7) is 3.71. The second kappa shape index (κ2) is 6.55. The van der Waals surface area contributed by atoms with Gasteiger partial charge in [-0.3, -0.25) is 4.79 Å². The number of halogens is 3. The molecule has 19 heavy (non-hydrogen) atoms. The Morgan fingerprint density at radius 2 is 2.05 bits per heavy atom. The quantitative estimate of drug-likeness (QED) is 0.882. The molecule has 1 aliphatic rings. The van der Waals surface area contributed by atoms with Gasteiger partial charge in [0.2, 0.25) is 0 Å². The lowest BCUT2D eigenvalue weighted by atomic mass is 9.90. The minimum atomic E-state index is -0.586. The summed E-state index contributed by atoms with van der Waals surface area (Å²) in [6.07, 6.45) is 1.68. The van der Waals surface area contributed by atoms with Gasteiger partial charge in [-0.25, -0.2) is 4.39 Å². The van der Waals surface area contributed by atoms with Crippen LogP contribution < -0.4 is 10.6 Å². The number of piperidine rings is 1. The zero-order valence-corrected chi connectivity index (χ0v) is 12.2. The fourth-order valence-electron chi connectivity index (χ4n) is 2.12. The molecule has 1 aliphatic heterocycles. The molecule has 3 nitrogen and oxygen atoms in total. The smallest absolute Gasteiger partial charge is 0.254 e. The highest BCUT2D eigenvalue weighted by Gasteiger charge is 2.29. The van der Waals surface area contributed by atoms with Crippen molar-refractivity contribution >= 4 is 29.9 Å². The summed E-state index contributed by atoms with van der Waals surface area (Å²) >= 11 is 5.66. The predicted molar refractivity (Wildman–Crippen MR) is 76.6 cm³/mol. The number of hydrogen-bond donors (Lipinski definition) is 2. The number of carbonyl (C=O) groups is 1. The van der Waals surface area contributed by atoms with Crippen molar-refractivity contribution in [3.8, 4) is 0 Å². The van der Waals surface area contributed by atoms with E-state index in [2.05, 4.69) is 10.6 Å². The number of benzene rings is 1. The van der Waals surface area contributed by atoms with Crippen LogP contribution in [0.5, 0.6) is 0 Å². The van der Waals surface area contributed by atoms with E-state index in [-0.39, 0.29) is 34.4 Å². The van der Waals surface area contributed by atoms with Crippen LogP contribution in [-0.2, 0) is 0 Å². The van der Waals surface area contributed by atoms with Gasteiger partial charge in [-0.05, 0) is 51.1 Å². The van der Waals surface area contributed by atoms with E-state index in [1.54, 1.807) is 0 Å². The molecule has 2 rings (SSSR count). The predicted octanol–water partition coefficient (Wildman–Crippen LogP) is 2.77. The Morgan fingerprint density at radius 1 is 1.42 bits per heavy atom. The molecule has 1 aromatic rings. The van der Waals surface area contributed by atoms with E-state index >= 15 is 0 Å². The fraction of sp³-hybridized carbons (Fsp3) is 0.462. The lowest BCUT2D eigenvalue weighted by Crippen LogP contribution is -2.52. The van der Waals surface area contributed by atoms with E-state index < -0.39 is 5.82 Å². The van der Waals surface area contributed by atoms with Gasteiger partial charge in [-0.15, -0.1) is 12.4 Å². The second-order valence-corrected chi connectivity index (χ2v) is 5.33. The van der Waals surface area contributed by atoms with E-state index in [9.17, 15) is 9.18 Å². The molecular weight excluding hydrogens is 290 g/mol. The van der Waals surface area contributed by atoms with Gasteiger partial charge in [0.1, 0.15) is 5.82 Å². The third-order valence-electron chi connectivity index (χ3n) is 3.30. The highest BCUT2D eigenvalue weighted by molar-refractivity contribution is 6.30. The van der Waals surface area contributed by atoms with Crippen LogP contribution in [0.1, 0.15) is 30.1 Å². The summed E-state index contributed by atoms with van der Waals surface area (Å²) in [5.74, 6) is -0.967. The zero-order valence-electron chi connectivity index (χ0n) is 10.6. The summed E-state index contributed by atoms with van der Waals surface area (Å²) in [4.78, 5) is 12.0. The van der Waals surface area contributed by atoms with Gasteiger partial charge in [0.15, 0.2) is 0 Å². The average Bonchev–Trinajstić information content (AvgIpc) is 2.28. The minimum absolute atomic E-state index is 0. The van der Waals surface area contributed by atoms with Crippen LogP contribution in [0, 0.1) is 5.82 Å². The van der Waals surface area contributed by atoms with Gasteiger partial charge in [-0.1, -0.05) is 11.6 Å². The van der Waals surface area contributed by atoms with Crippen molar-refractivity contribution in [2.75, 3.05) is 13.1 Å². The number of hydrogen-bond acceptors (Lipinski definition) is 2. The number of amides is 1. The molecule has 1 aromatic carbocycles. The van der Waals surface area contributed by atoms with Gasteiger partial charge in [0.05, 0.1) is 5.56 Å². The van der Waals surface area contributed by atoms with Crippen LogP contribution in [0.25, 0.3) is 0 Å². The van der Waals surface area contributed by atoms with Gasteiger partial charge in [0, 0.05) is 10.6 Å². The fourth-order valence-corrected chi connectivity index (χ4v) is 2.28. The Bertz CT molecular complexity index is 462. The Morgan fingerprint density at radius 3 is 2.63 bits per heavy atom. The molecule has 0 aliphatic carbocycles. The summed E-state index contributed by atoms with van der Waals surface area (Å²) < 4.78 is 13.6. The largest absolute Gasteiger partial charge is 0.347 e. The summed E-state index contributed by atoms with van der Waals surface area (Å²) in [5.41, 5.74) is -0.229. The molecule has 0 atom stereocenters. The van der Waals surface area contributed by atoms with Gasteiger partial charge < -0.3 is 10.6 Å². The highest BCUT2D eigenvalue weighted by atomic mass is 35.5. The Labute approximate surface area is 123 Å². The van der Waals surface area contributed by atoms with Gasteiger partial charge in [0.25, 0.3) is 5.91 Å². The molecule has 0 aromatic heterocycles. The molecule has 1 amide bonds. The lowest BCUT2D eigenvalue weighted by Gasteiger charge is -2.35. The third-order valence-corrected chi connectivity index (χ3v) is 3.53. The monoisotopic (exact) mass is 306 g/mol. The number of nitrogens with one attached hydrogen (secondary N) is 2. The number of carbonyl (C=O) groups excluding carboxylic acids is 1. The van der Waals surface area contributed by atoms with Crippen molar-refractivity contribution in [1.29, 1.82) is 0 Å². The molecule has 1 fully saturated rings. The molecule has 0 spiro atoms. The van der Waals surface area contributed by atoms with Crippen molar-refractivity contribution < 1.29 is 9.18 Å². The van der Waals surface area contributed by atoms with Gasteiger partial charge in [-0.2, -0.15) is 0 Å². The molecule has 6 heteroatoms. The standard InChI is InChI=1S/C13H16ClFN2O.ClH/c1-13(4-6-16-7-5-13)17-12(18)10-3-2-9(14)8-11(10)15;/h2-3,8,16H,4-7H2,1H3,(H,17,18);1H. The van der Waals surface area contributed by atoms with E-state index in [4.69, 9.17) is 11.6 Å². The van der Waals surface area contributed by atoms with Crippen LogP contribution in [0.3, 0.4) is 0 Å². The Hall–Kier alpha value is -0.840. The van der Waals surface area contributed by atoms with Crippen LogP contribution in [-0.4, -0.2) is 24.5 Å². The highest BCUT2D eigenvalue weighted by Crippen LogP contribution is 2.20. The first-order valence-electron chi connectivity index (χ1n) is 5.98. The first-order chi connectivity index (χ1) is 8.50.